The maximum Gasteiger partial charge on any atom is 0.471 e. The lowest BCUT2D eigenvalue weighted by Crippen LogP contribution is -2.43. The minimum Gasteiger partial charge on any atom is -0.452 e. The smallest absolute Gasteiger partial charge is 0.452 e. The lowest BCUT2D eigenvalue weighted by Gasteiger charge is -2.10. The monoisotopic (exact) mass is 409 g/mol. The molecule has 0 atom stereocenters. The van der Waals surface area contributed by atoms with Gasteiger partial charge in [0, 0.05) is 11.3 Å². The Morgan fingerprint density at radius 1 is 0.862 bits per heavy atom. The van der Waals surface area contributed by atoms with Crippen molar-refractivity contribution in [3.63, 3.8) is 0 Å². The highest BCUT2D eigenvalue weighted by Crippen LogP contribution is 2.19. The van der Waals surface area contributed by atoms with Gasteiger partial charge in [-0.1, -0.05) is 24.3 Å². The van der Waals surface area contributed by atoms with Gasteiger partial charge in [0.05, 0.1) is 5.56 Å². The van der Waals surface area contributed by atoms with Crippen molar-refractivity contribution in [2.75, 3.05) is 11.9 Å². The first-order valence-corrected chi connectivity index (χ1v) is 7.96. The first kappa shape index (κ1) is 21.4. The number of esters is 1. The van der Waals surface area contributed by atoms with Gasteiger partial charge in [-0.2, -0.15) is 13.2 Å². The molecule has 2 rings (SSSR count). The lowest BCUT2D eigenvalue weighted by atomic mass is 10.2. The number of carbonyl (C=O) groups is 4. The molecule has 29 heavy (non-hydrogen) atoms. The summed E-state index contributed by atoms with van der Waals surface area (Å²) in [6.07, 6.45) is -5.08. The number of ether oxygens (including phenoxy) is 1. The van der Waals surface area contributed by atoms with Crippen LogP contribution in [0.2, 0.25) is 0 Å². The summed E-state index contributed by atoms with van der Waals surface area (Å²) in [5.74, 6) is -4.64. The summed E-state index contributed by atoms with van der Waals surface area (Å²) in [4.78, 5) is 46.2. The van der Waals surface area contributed by atoms with E-state index in [0.717, 1.165) is 12.1 Å². The van der Waals surface area contributed by atoms with Crippen molar-refractivity contribution in [3.05, 3.63) is 65.7 Å². The number of hydrazine groups is 1. The highest BCUT2D eigenvalue weighted by atomic mass is 19.4. The second kappa shape index (κ2) is 9.35. The maximum absolute atomic E-state index is 12.3. The molecule has 0 aliphatic carbocycles. The molecular weight excluding hydrogens is 395 g/mol. The summed E-state index contributed by atoms with van der Waals surface area (Å²) in [5, 5.41) is 1.59. The fraction of sp³-hybridized carbons (Fsp3) is 0.111. The van der Waals surface area contributed by atoms with Crippen LogP contribution in [-0.4, -0.2) is 36.5 Å². The van der Waals surface area contributed by atoms with Crippen molar-refractivity contribution in [1.82, 2.24) is 10.9 Å². The third kappa shape index (κ3) is 6.65. The van der Waals surface area contributed by atoms with Gasteiger partial charge in [0.25, 0.3) is 11.8 Å². The molecule has 152 valence electrons. The van der Waals surface area contributed by atoms with Crippen LogP contribution in [0, 0.1) is 0 Å². The van der Waals surface area contributed by atoms with Gasteiger partial charge in [0.1, 0.15) is 0 Å². The molecule has 0 fully saturated rings. The number of rotatable bonds is 5. The van der Waals surface area contributed by atoms with Crippen molar-refractivity contribution >= 4 is 29.4 Å². The van der Waals surface area contributed by atoms with E-state index < -0.39 is 36.5 Å². The zero-order valence-corrected chi connectivity index (χ0v) is 14.6. The summed E-state index contributed by atoms with van der Waals surface area (Å²) >= 11 is 0. The van der Waals surface area contributed by atoms with Crippen LogP contribution in [0.1, 0.15) is 20.7 Å². The van der Waals surface area contributed by atoms with E-state index >= 15 is 0 Å². The zero-order valence-electron chi connectivity index (χ0n) is 14.6. The van der Waals surface area contributed by atoms with E-state index in [-0.39, 0.29) is 11.3 Å². The predicted octanol–water partition coefficient (Wildman–Crippen LogP) is 1.81. The van der Waals surface area contributed by atoms with E-state index in [1.54, 1.807) is 23.5 Å². The van der Waals surface area contributed by atoms with E-state index in [1.807, 2.05) is 5.43 Å². The van der Waals surface area contributed by atoms with Crippen LogP contribution >= 0.6 is 0 Å². The standard InChI is InChI=1S/C18H14F3N3O5/c19-18(20,21)17(28)22-13-8-4-7-12(9-13)16(27)29-10-14(25)23-24-15(26)11-5-2-1-3-6-11/h1-9H,10H2,(H,22,28)(H,23,25)(H,24,26). The molecule has 0 saturated heterocycles. The Balaban J connectivity index is 1.84. The Bertz CT molecular complexity index is 916. The van der Waals surface area contributed by atoms with Crippen molar-refractivity contribution < 1.29 is 37.1 Å². The van der Waals surface area contributed by atoms with Crippen LogP contribution in [0.4, 0.5) is 18.9 Å². The molecule has 0 heterocycles. The average Bonchev–Trinajstić information content (AvgIpc) is 2.70. The number of carbonyl (C=O) groups excluding carboxylic acids is 4. The van der Waals surface area contributed by atoms with Crippen LogP contribution < -0.4 is 16.2 Å². The number of anilines is 1. The molecule has 0 aliphatic heterocycles. The highest BCUT2D eigenvalue weighted by molar-refractivity contribution is 5.98. The molecule has 2 aromatic carbocycles. The van der Waals surface area contributed by atoms with Gasteiger partial charge < -0.3 is 10.1 Å². The third-order valence-electron chi connectivity index (χ3n) is 3.30. The molecule has 8 nitrogen and oxygen atoms in total. The van der Waals surface area contributed by atoms with Gasteiger partial charge in [-0.3, -0.25) is 25.2 Å². The zero-order chi connectivity index (χ0) is 21.4. The van der Waals surface area contributed by atoms with Crippen LogP contribution in [0.25, 0.3) is 0 Å². The summed E-state index contributed by atoms with van der Waals surface area (Å²) in [6.45, 7) is -0.757. The van der Waals surface area contributed by atoms with Gasteiger partial charge in [0.15, 0.2) is 6.61 Å². The van der Waals surface area contributed by atoms with Crippen molar-refractivity contribution in [1.29, 1.82) is 0 Å². The largest absolute Gasteiger partial charge is 0.471 e. The van der Waals surface area contributed by atoms with Gasteiger partial charge in [-0.25, -0.2) is 4.79 Å². The first-order chi connectivity index (χ1) is 13.7. The Kier molecular flexibility index (Phi) is 6.90. The molecular formula is C18H14F3N3O5. The van der Waals surface area contributed by atoms with Crippen molar-refractivity contribution in [3.8, 4) is 0 Å². The highest BCUT2D eigenvalue weighted by Gasteiger charge is 2.38. The van der Waals surface area contributed by atoms with E-state index in [0.29, 0.717) is 5.56 Å². The first-order valence-electron chi connectivity index (χ1n) is 7.96. The number of halogens is 3. The minimum absolute atomic E-state index is 0.189. The number of alkyl halides is 3. The summed E-state index contributed by atoms with van der Waals surface area (Å²) in [5.41, 5.74) is 4.00. The molecule has 0 bridgehead atoms. The second-order valence-electron chi connectivity index (χ2n) is 5.48. The van der Waals surface area contributed by atoms with Gasteiger partial charge in [-0.05, 0) is 30.3 Å². The SMILES string of the molecule is O=C(COC(=O)c1cccc(NC(=O)C(F)(F)F)c1)NNC(=O)c1ccccc1. The molecule has 0 unspecified atom stereocenters. The maximum atomic E-state index is 12.3. The van der Waals surface area contributed by atoms with Crippen LogP contribution in [0.5, 0.6) is 0 Å². The third-order valence-corrected chi connectivity index (χ3v) is 3.30. The molecule has 0 aromatic heterocycles. The number of hydrogen-bond donors (Lipinski definition) is 3. The molecule has 3 amide bonds. The fourth-order valence-electron chi connectivity index (χ4n) is 1.96. The van der Waals surface area contributed by atoms with Crippen LogP contribution in [0.3, 0.4) is 0 Å². The van der Waals surface area contributed by atoms with Gasteiger partial charge in [0.2, 0.25) is 0 Å². The van der Waals surface area contributed by atoms with Crippen LogP contribution in [0.15, 0.2) is 54.6 Å². The lowest BCUT2D eigenvalue weighted by molar-refractivity contribution is -0.167. The molecule has 0 radical (unpaired) electrons. The second-order valence-corrected chi connectivity index (χ2v) is 5.48. The average molecular weight is 409 g/mol. The Morgan fingerprint density at radius 2 is 1.52 bits per heavy atom. The molecule has 2 aromatic rings. The van der Waals surface area contributed by atoms with E-state index in [4.69, 9.17) is 4.74 Å². The number of hydrogen-bond acceptors (Lipinski definition) is 5. The quantitative estimate of drug-likeness (QED) is 0.515. The van der Waals surface area contributed by atoms with E-state index in [9.17, 15) is 32.3 Å². The molecule has 3 N–H and O–H groups in total. The van der Waals surface area contributed by atoms with Gasteiger partial charge >= 0.3 is 18.1 Å². The Labute approximate surface area is 162 Å². The number of nitrogens with one attached hydrogen (secondary N) is 3. The molecule has 11 heteroatoms. The summed E-state index contributed by atoms with van der Waals surface area (Å²) < 4.78 is 41.5. The minimum atomic E-state index is -5.08. The summed E-state index contributed by atoms with van der Waals surface area (Å²) in [7, 11) is 0. The molecule has 0 spiro atoms. The predicted molar refractivity (Wildman–Crippen MR) is 93.5 cm³/mol. The number of amides is 3. The Hall–Kier alpha value is -3.89. The van der Waals surface area contributed by atoms with Gasteiger partial charge in [-0.15, -0.1) is 0 Å². The van der Waals surface area contributed by atoms with Crippen LogP contribution in [-0.2, 0) is 14.3 Å². The Morgan fingerprint density at radius 3 is 2.17 bits per heavy atom. The summed E-state index contributed by atoms with van der Waals surface area (Å²) in [6, 6.07) is 12.6. The normalized spacial score (nSPS) is 10.6. The van der Waals surface area contributed by atoms with E-state index in [2.05, 4.69) is 5.43 Å². The fourth-order valence-corrected chi connectivity index (χ4v) is 1.96. The number of benzene rings is 2. The van der Waals surface area contributed by atoms with E-state index in [1.165, 1.54) is 24.3 Å². The van der Waals surface area contributed by atoms with Crippen molar-refractivity contribution in [2.24, 2.45) is 0 Å². The van der Waals surface area contributed by atoms with Crippen molar-refractivity contribution in [2.45, 2.75) is 6.18 Å². The molecule has 0 aliphatic rings. The topological polar surface area (TPSA) is 114 Å². The molecule has 0 saturated carbocycles.